The number of aliphatic carboxylic acids is 1. The van der Waals surface area contributed by atoms with Crippen molar-refractivity contribution in [3.05, 3.63) is 29.3 Å². The topological polar surface area (TPSA) is 86.6 Å². The Balaban J connectivity index is 2.16. The first-order valence-corrected chi connectivity index (χ1v) is 7.30. The Morgan fingerprint density at radius 3 is 2.48 bits per heavy atom. The molecular weight excluding hydrogens is 270 g/mol. The van der Waals surface area contributed by atoms with Gasteiger partial charge in [-0.15, -0.1) is 0 Å². The van der Waals surface area contributed by atoms with E-state index in [-0.39, 0.29) is 18.1 Å². The monoisotopic (exact) mass is 293 g/mol. The fourth-order valence-corrected chi connectivity index (χ4v) is 2.08. The minimum Gasteiger partial charge on any atom is -0.508 e. The molecule has 1 aromatic carbocycles. The van der Waals surface area contributed by atoms with Crippen molar-refractivity contribution in [1.82, 2.24) is 5.32 Å². The van der Waals surface area contributed by atoms with Crippen LogP contribution in [0.1, 0.15) is 54.4 Å². The van der Waals surface area contributed by atoms with E-state index in [1.807, 2.05) is 6.92 Å². The molecule has 0 unspecified atom stereocenters. The second-order valence-electron chi connectivity index (χ2n) is 5.17. The summed E-state index contributed by atoms with van der Waals surface area (Å²) in [5.41, 5.74) is 1.33. The number of carboxylic acid groups (broad SMARTS) is 1. The second-order valence-corrected chi connectivity index (χ2v) is 5.17. The molecular formula is C16H23NO4. The average Bonchev–Trinajstić information content (AvgIpc) is 2.43. The largest absolute Gasteiger partial charge is 0.508 e. The Morgan fingerprint density at radius 2 is 1.76 bits per heavy atom. The Bertz CT molecular complexity index is 485. The van der Waals surface area contributed by atoms with Crippen LogP contribution >= 0.6 is 0 Å². The third kappa shape index (κ3) is 6.79. The molecule has 116 valence electrons. The molecule has 0 spiro atoms. The Labute approximate surface area is 125 Å². The van der Waals surface area contributed by atoms with E-state index in [4.69, 9.17) is 5.11 Å². The molecule has 5 nitrogen and oxygen atoms in total. The van der Waals surface area contributed by atoms with Crippen LogP contribution in [0.3, 0.4) is 0 Å². The highest BCUT2D eigenvalue weighted by atomic mass is 16.4. The Hall–Kier alpha value is -2.04. The normalized spacial score (nSPS) is 10.3. The number of benzene rings is 1. The SMILES string of the molecule is Cc1ccc(O)cc1C(=O)NCCCCCCCC(=O)O. The lowest BCUT2D eigenvalue weighted by Crippen LogP contribution is -2.25. The van der Waals surface area contributed by atoms with Gasteiger partial charge in [0.15, 0.2) is 0 Å². The number of unbranched alkanes of at least 4 members (excludes halogenated alkanes) is 4. The van der Waals surface area contributed by atoms with Gasteiger partial charge in [0.1, 0.15) is 5.75 Å². The molecule has 1 amide bonds. The van der Waals surface area contributed by atoms with Crippen LogP contribution < -0.4 is 5.32 Å². The number of rotatable bonds is 9. The van der Waals surface area contributed by atoms with Crippen molar-refractivity contribution < 1.29 is 19.8 Å². The lowest BCUT2D eigenvalue weighted by molar-refractivity contribution is -0.137. The van der Waals surface area contributed by atoms with Crippen molar-refractivity contribution in [1.29, 1.82) is 0 Å². The van der Waals surface area contributed by atoms with Gasteiger partial charge in [-0.1, -0.05) is 25.3 Å². The minimum atomic E-state index is -0.747. The lowest BCUT2D eigenvalue weighted by atomic mass is 10.1. The highest BCUT2D eigenvalue weighted by Crippen LogP contribution is 2.15. The molecule has 1 rings (SSSR count). The third-order valence-corrected chi connectivity index (χ3v) is 3.32. The van der Waals surface area contributed by atoms with Gasteiger partial charge in [-0.3, -0.25) is 9.59 Å². The molecule has 0 aliphatic heterocycles. The molecule has 5 heteroatoms. The predicted molar refractivity (Wildman–Crippen MR) is 80.5 cm³/mol. The summed E-state index contributed by atoms with van der Waals surface area (Å²) >= 11 is 0. The third-order valence-electron chi connectivity index (χ3n) is 3.32. The zero-order valence-corrected chi connectivity index (χ0v) is 12.4. The zero-order chi connectivity index (χ0) is 15.7. The molecule has 0 radical (unpaired) electrons. The quantitative estimate of drug-likeness (QED) is 0.611. The summed E-state index contributed by atoms with van der Waals surface area (Å²) in [6.07, 6.45) is 4.67. The van der Waals surface area contributed by atoms with E-state index in [0.29, 0.717) is 18.5 Å². The molecule has 0 fully saturated rings. The van der Waals surface area contributed by atoms with Crippen molar-refractivity contribution in [3.8, 4) is 5.75 Å². The first kappa shape index (κ1) is 17.0. The number of amides is 1. The van der Waals surface area contributed by atoms with Crippen molar-refractivity contribution in [3.63, 3.8) is 0 Å². The number of carbonyl (C=O) groups is 2. The van der Waals surface area contributed by atoms with Crippen molar-refractivity contribution >= 4 is 11.9 Å². The number of aryl methyl sites for hydroxylation is 1. The molecule has 0 aliphatic carbocycles. The number of phenols is 1. The number of nitrogens with one attached hydrogen (secondary N) is 1. The van der Waals surface area contributed by atoms with E-state index >= 15 is 0 Å². The van der Waals surface area contributed by atoms with Crippen molar-refractivity contribution in [2.24, 2.45) is 0 Å². The summed E-state index contributed by atoms with van der Waals surface area (Å²) < 4.78 is 0. The van der Waals surface area contributed by atoms with Crippen LogP contribution in [0, 0.1) is 6.92 Å². The van der Waals surface area contributed by atoms with Gasteiger partial charge >= 0.3 is 5.97 Å². The Morgan fingerprint density at radius 1 is 1.10 bits per heavy atom. The van der Waals surface area contributed by atoms with Crippen LogP contribution in [-0.4, -0.2) is 28.6 Å². The first-order chi connectivity index (χ1) is 10.0. The molecule has 0 saturated heterocycles. The molecule has 0 heterocycles. The summed E-state index contributed by atoms with van der Waals surface area (Å²) in [7, 11) is 0. The van der Waals surface area contributed by atoms with E-state index in [1.54, 1.807) is 12.1 Å². The van der Waals surface area contributed by atoms with Gasteiger partial charge in [0, 0.05) is 18.5 Å². The fraction of sp³-hybridized carbons (Fsp3) is 0.500. The van der Waals surface area contributed by atoms with Crippen LogP contribution in [-0.2, 0) is 4.79 Å². The fourth-order valence-electron chi connectivity index (χ4n) is 2.08. The predicted octanol–water partition coefficient (Wildman–Crippen LogP) is 2.86. The van der Waals surface area contributed by atoms with Crippen LogP contribution in [0.2, 0.25) is 0 Å². The summed E-state index contributed by atoms with van der Waals surface area (Å²) in [4.78, 5) is 22.3. The molecule has 0 aromatic heterocycles. The van der Waals surface area contributed by atoms with Gasteiger partial charge in [0.2, 0.25) is 0 Å². The molecule has 1 aromatic rings. The van der Waals surface area contributed by atoms with Gasteiger partial charge in [-0.2, -0.15) is 0 Å². The maximum atomic E-state index is 11.9. The maximum Gasteiger partial charge on any atom is 0.303 e. The molecule has 0 saturated carbocycles. The number of carboxylic acids is 1. The molecule has 3 N–H and O–H groups in total. The average molecular weight is 293 g/mol. The summed E-state index contributed by atoms with van der Waals surface area (Å²) in [5, 5.41) is 20.7. The first-order valence-electron chi connectivity index (χ1n) is 7.30. The standard InChI is InChI=1S/C16H23NO4/c1-12-8-9-13(18)11-14(12)16(21)17-10-6-4-2-3-5-7-15(19)20/h8-9,11,18H,2-7,10H2,1H3,(H,17,21)(H,19,20). The van der Waals surface area contributed by atoms with E-state index in [9.17, 15) is 14.7 Å². The van der Waals surface area contributed by atoms with Gasteiger partial charge in [0.25, 0.3) is 5.91 Å². The highest BCUT2D eigenvalue weighted by Gasteiger charge is 2.08. The molecule has 21 heavy (non-hydrogen) atoms. The number of aromatic hydroxyl groups is 1. The molecule has 0 atom stereocenters. The minimum absolute atomic E-state index is 0.0872. The number of carbonyl (C=O) groups excluding carboxylic acids is 1. The molecule has 0 aliphatic rings. The van der Waals surface area contributed by atoms with Crippen LogP contribution in [0.25, 0.3) is 0 Å². The summed E-state index contributed by atoms with van der Waals surface area (Å²) in [5.74, 6) is -0.831. The molecule has 0 bridgehead atoms. The van der Waals surface area contributed by atoms with Crippen molar-refractivity contribution in [2.75, 3.05) is 6.54 Å². The van der Waals surface area contributed by atoms with Gasteiger partial charge in [-0.05, 0) is 37.5 Å². The van der Waals surface area contributed by atoms with Gasteiger partial charge in [-0.25, -0.2) is 0 Å². The van der Waals surface area contributed by atoms with E-state index < -0.39 is 5.97 Å². The maximum absolute atomic E-state index is 11.9. The van der Waals surface area contributed by atoms with Crippen LogP contribution in [0.5, 0.6) is 5.75 Å². The van der Waals surface area contributed by atoms with Gasteiger partial charge < -0.3 is 15.5 Å². The van der Waals surface area contributed by atoms with Crippen LogP contribution in [0.15, 0.2) is 18.2 Å². The smallest absolute Gasteiger partial charge is 0.303 e. The second kappa shape index (κ2) is 9.00. The summed E-state index contributed by atoms with van der Waals surface area (Å²) in [6, 6.07) is 4.74. The number of hydrogen-bond donors (Lipinski definition) is 3. The zero-order valence-electron chi connectivity index (χ0n) is 12.4. The van der Waals surface area contributed by atoms with Gasteiger partial charge in [0.05, 0.1) is 0 Å². The van der Waals surface area contributed by atoms with E-state index in [1.165, 1.54) is 6.07 Å². The van der Waals surface area contributed by atoms with Crippen LogP contribution in [0.4, 0.5) is 0 Å². The lowest BCUT2D eigenvalue weighted by Gasteiger charge is -2.08. The Kier molecular flexibility index (Phi) is 7.29. The van der Waals surface area contributed by atoms with Crippen molar-refractivity contribution in [2.45, 2.75) is 45.4 Å². The van der Waals surface area contributed by atoms with E-state index in [0.717, 1.165) is 31.2 Å². The summed E-state index contributed by atoms with van der Waals surface area (Å²) in [6.45, 7) is 2.42. The number of hydrogen-bond acceptors (Lipinski definition) is 3. The highest BCUT2D eigenvalue weighted by molar-refractivity contribution is 5.95. The number of phenolic OH excluding ortho intramolecular Hbond substituents is 1. The van der Waals surface area contributed by atoms with E-state index in [2.05, 4.69) is 5.32 Å².